The van der Waals surface area contributed by atoms with Crippen LogP contribution in [-0.4, -0.2) is 16.7 Å². The minimum Gasteiger partial charge on any atom is -0.351 e. The van der Waals surface area contributed by atoms with Gasteiger partial charge in [-0.2, -0.15) is 0 Å². The predicted octanol–water partition coefficient (Wildman–Crippen LogP) is 4.49. The first-order valence-electron chi connectivity index (χ1n) is 9.05. The number of carbonyl (C=O) groups is 2. The molecule has 0 saturated heterocycles. The molecule has 1 aliphatic carbocycles. The average molecular weight is 346 g/mol. The van der Waals surface area contributed by atoms with Gasteiger partial charge in [0.1, 0.15) is 5.69 Å². The zero-order valence-corrected chi connectivity index (χ0v) is 15.1. The first kappa shape index (κ1) is 16.6. The zero-order valence-electron chi connectivity index (χ0n) is 15.1. The van der Waals surface area contributed by atoms with Gasteiger partial charge in [-0.3, -0.25) is 9.59 Å². The fraction of sp³-hybridized carbons (Fsp3) is 0.273. The summed E-state index contributed by atoms with van der Waals surface area (Å²) >= 11 is 0. The Hall–Kier alpha value is -2.88. The summed E-state index contributed by atoms with van der Waals surface area (Å²) in [4.78, 5) is 27.6. The van der Waals surface area contributed by atoms with E-state index >= 15 is 0 Å². The van der Waals surface area contributed by atoms with Crippen molar-refractivity contribution in [1.82, 2.24) is 10.3 Å². The van der Waals surface area contributed by atoms with E-state index in [-0.39, 0.29) is 17.7 Å². The smallest absolute Gasteiger partial charge is 0.268 e. The third-order valence-electron chi connectivity index (χ3n) is 5.19. The van der Waals surface area contributed by atoms with Gasteiger partial charge in [0, 0.05) is 16.5 Å². The van der Waals surface area contributed by atoms with Crippen LogP contribution < -0.4 is 5.32 Å². The highest BCUT2D eigenvalue weighted by atomic mass is 16.2. The number of nitrogens with one attached hydrogen (secondary N) is 2. The molecule has 1 atom stereocenters. The van der Waals surface area contributed by atoms with Crippen LogP contribution in [0.15, 0.2) is 42.5 Å². The molecular weight excluding hydrogens is 324 g/mol. The normalized spacial score (nSPS) is 16.3. The lowest BCUT2D eigenvalue weighted by Crippen LogP contribution is -2.31. The Kier molecular flexibility index (Phi) is 4.11. The lowest BCUT2D eigenvalue weighted by Gasteiger charge is -2.26. The summed E-state index contributed by atoms with van der Waals surface area (Å²) in [7, 11) is 0. The molecule has 2 aromatic carbocycles. The maximum Gasteiger partial charge on any atom is 0.268 e. The van der Waals surface area contributed by atoms with Crippen LogP contribution in [0.5, 0.6) is 0 Å². The van der Waals surface area contributed by atoms with E-state index in [0.717, 1.165) is 41.3 Å². The maximum atomic E-state index is 12.8. The summed E-state index contributed by atoms with van der Waals surface area (Å²) in [6, 6.07) is 13.8. The summed E-state index contributed by atoms with van der Waals surface area (Å²) in [5.41, 5.74) is 5.75. The predicted molar refractivity (Wildman–Crippen MR) is 103 cm³/mol. The number of hydrogen-bond acceptors (Lipinski definition) is 2. The van der Waals surface area contributed by atoms with Gasteiger partial charge in [0.05, 0.1) is 6.04 Å². The summed E-state index contributed by atoms with van der Waals surface area (Å²) in [5.74, 6) is -0.0142. The van der Waals surface area contributed by atoms with Gasteiger partial charge in [-0.1, -0.05) is 23.8 Å². The van der Waals surface area contributed by atoms with Crippen LogP contribution >= 0.6 is 0 Å². The van der Waals surface area contributed by atoms with Gasteiger partial charge >= 0.3 is 0 Å². The molecule has 1 aliphatic rings. The molecular formula is C22H22N2O2. The van der Waals surface area contributed by atoms with Crippen molar-refractivity contribution in [2.24, 2.45) is 0 Å². The van der Waals surface area contributed by atoms with Crippen molar-refractivity contribution in [3.63, 3.8) is 0 Å². The fourth-order valence-electron chi connectivity index (χ4n) is 3.79. The van der Waals surface area contributed by atoms with E-state index < -0.39 is 0 Å². The Bertz CT molecular complexity index is 1020. The van der Waals surface area contributed by atoms with Gasteiger partial charge < -0.3 is 10.3 Å². The number of amides is 1. The van der Waals surface area contributed by atoms with Crippen LogP contribution in [0.4, 0.5) is 0 Å². The molecule has 4 heteroatoms. The molecule has 1 unspecified atom stereocenters. The Balaban J connectivity index is 1.59. The monoisotopic (exact) mass is 346 g/mol. The summed E-state index contributed by atoms with van der Waals surface area (Å²) in [5, 5.41) is 4.21. The van der Waals surface area contributed by atoms with Crippen molar-refractivity contribution in [1.29, 1.82) is 0 Å². The number of carbonyl (C=O) groups excluding carboxylic acids is 2. The van der Waals surface area contributed by atoms with Gasteiger partial charge in [-0.05, 0) is 68.5 Å². The molecule has 2 N–H and O–H groups in total. The molecule has 4 nitrogen and oxygen atoms in total. The first-order valence-corrected chi connectivity index (χ1v) is 9.05. The highest BCUT2D eigenvalue weighted by Crippen LogP contribution is 2.31. The summed E-state index contributed by atoms with van der Waals surface area (Å²) < 4.78 is 0. The standard InChI is InChI=1S/C22H22N2O2/c1-13-6-9-19-17(10-13)12-21(23-19)22(26)24-20-5-3-4-16-11-15(14(2)25)7-8-18(16)20/h6-12,20,23H,3-5H2,1-2H3,(H,24,26). The molecule has 1 aromatic heterocycles. The Morgan fingerprint density at radius 3 is 2.77 bits per heavy atom. The second-order valence-electron chi connectivity index (χ2n) is 7.16. The lowest BCUT2D eigenvalue weighted by atomic mass is 9.86. The van der Waals surface area contributed by atoms with Crippen LogP contribution in [-0.2, 0) is 6.42 Å². The quantitative estimate of drug-likeness (QED) is 0.687. The lowest BCUT2D eigenvalue weighted by molar-refractivity contribution is 0.0927. The van der Waals surface area contributed by atoms with E-state index in [1.165, 1.54) is 11.1 Å². The molecule has 1 amide bonds. The van der Waals surface area contributed by atoms with Crippen molar-refractivity contribution in [3.05, 3.63) is 70.4 Å². The van der Waals surface area contributed by atoms with Gasteiger partial charge in [0.15, 0.2) is 5.78 Å². The van der Waals surface area contributed by atoms with E-state index in [1.54, 1.807) is 6.92 Å². The molecule has 3 aromatic rings. The third-order valence-corrected chi connectivity index (χ3v) is 5.19. The Labute approximate surface area is 152 Å². The number of hydrogen-bond donors (Lipinski definition) is 2. The second kappa shape index (κ2) is 6.45. The molecule has 26 heavy (non-hydrogen) atoms. The molecule has 0 saturated carbocycles. The second-order valence-corrected chi connectivity index (χ2v) is 7.16. The van der Waals surface area contributed by atoms with E-state index in [4.69, 9.17) is 0 Å². The topological polar surface area (TPSA) is 62.0 Å². The number of fused-ring (bicyclic) bond motifs is 2. The number of aryl methyl sites for hydroxylation is 2. The Morgan fingerprint density at radius 1 is 1.12 bits per heavy atom. The Morgan fingerprint density at radius 2 is 1.96 bits per heavy atom. The SMILES string of the molecule is CC(=O)c1ccc2c(c1)CCCC2NC(=O)c1cc2cc(C)ccc2[nH]1. The molecule has 0 fully saturated rings. The molecule has 0 spiro atoms. The van der Waals surface area contributed by atoms with Crippen LogP contribution in [0.2, 0.25) is 0 Å². The van der Waals surface area contributed by atoms with Crippen molar-refractivity contribution in [2.75, 3.05) is 0 Å². The van der Waals surface area contributed by atoms with Crippen LogP contribution in [0.25, 0.3) is 10.9 Å². The fourth-order valence-corrected chi connectivity index (χ4v) is 3.79. The molecule has 1 heterocycles. The van der Waals surface area contributed by atoms with E-state index in [0.29, 0.717) is 5.69 Å². The van der Waals surface area contributed by atoms with Crippen LogP contribution in [0.3, 0.4) is 0 Å². The minimum absolute atomic E-state index is 0.0135. The first-order chi connectivity index (χ1) is 12.5. The largest absolute Gasteiger partial charge is 0.351 e. The van der Waals surface area contributed by atoms with Crippen molar-refractivity contribution in [3.8, 4) is 0 Å². The van der Waals surface area contributed by atoms with Crippen molar-refractivity contribution < 1.29 is 9.59 Å². The molecule has 132 valence electrons. The third kappa shape index (κ3) is 3.03. The number of aromatic amines is 1. The molecule has 4 rings (SSSR count). The number of Topliss-reactive ketones (excluding diaryl/α,β-unsaturated/α-hetero) is 1. The van der Waals surface area contributed by atoms with Gasteiger partial charge in [-0.25, -0.2) is 0 Å². The van der Waals surface area contributed by atoms with Crippen LogP contribution in [0, 0.1) is 6.92 Å². The number of aromatic nitrogens is 1. The number of benzene rings is 2. The van der Waals surface area contributed by atoms with Crippen molar-refractivity contribution >= 4 is 22.6 Å². The van der Waals surface area contributed by atoms with E-state index in [1.807, 2.05) is 43.3 Å². The zero-order chi connectivity index (χ0) is 18.3. The number of H-pyrrole nitrogens is 1. The molecule has 0 aliphatic heterocycles. The van der Waals surface area contributed by atoms with Crippen molar-refractivity contribution in [2.45, 2.75) is 39.2 Å². The highest BCUT2D eigenvalue weighted by molar-refractivity contribution is 5.98. The highest BCUT2D eigenvalue weighted by Gasteiger charge is 2.23. The van der Waals surface area contributed by atoms with Gasteiger partial charge in [0.2, 0.25) is 0 Å². The van der Waals surface area contributed by atoms with Crippen LogP contribution in [0.1, 0.15) is 63.3 Å². The van der Waals surface area contributed by atoms with Gasteiger partial charge in [-0.15, -0.1) is 0 Å². The summed E-state index contributed by atoms with van der Waals surface area (Å²) in [6.07, 6.45) is 2.87. The van der Waals surface area contributed by atoms with E-state index in [9.17, 15) is 9.59 Å². The maximum absolute atomic E-state index is 12.8. The molecule has 0 radical (unpaired) electrons. The number of ketones is 1. The average Bonchev–Trinajstić information content (AvgIpc) is 3.04. The summed E-state index contributed by atoms with van der Waals surface area (Å²) in [6.45, 7) is 3.63. The van der Waals surface area contributed by atoms with Gasteiger partial charge in [0.25, 0.3) is 5.91 Å². The minimum atomic E-state index is -0.0904. The van der Waals surface area contributed by atoms with E-state index in [2.05, 4.69) is 16.4 Å². The molecule has 0 bridgehead atoms. The number of rotatable bonds is 3.